The summed E-state index contributed by atoms with van der Waals surface area (Å²) < 4.78 is 0. The van der Waals surface area contributed by atoms with Gasteiger partial charge in [0.25, 0.3) is 0 Å². The van der Waals surface area contributed by atoms with Crippen LogP contribution in [0, 0.1) is 0 Å². The van der Waals surface area contributed by atoms with Gasteiger partial charge in [-0.3, -0.25) is 4.79 Å². The Hall–Kier alpha value is -0.610. The van der Waals surface area contributed by atoms with Gasteiger partial charge >= 0.3 is 0 Å². The van der Waals surface area contributed by atoms with Gasteiger partial charge < -0.3 is 15.1 Å². The Morgan fingerprint density at radius 1 is 1.35 bits per heavy atom. The first kappa shape index (κ1) is 14.5. The first-order chi connectivity index (χ1) is 8.13. The van der Waals surface area contributed by atoms with Gasteiger partial charge in [-0.05, 0) is 39.9 Å². The molecule has 100 valence electrons. The number of piperidine rings is 1. The molecular formula is C13H27N3O. The summed E-state index contributed by atoms with van der Waals surface area (Å²) in [7, 11) is 3.89. The average molecular weight is 241 g/mol. The smallest absolute Gasteiger partial charge is 0.236 e. The molecule has 1 saturated heterocycles. The summed E-state index contributed by atoms with van der Waals surface area (Å²) in [5.74, 6) is 0.254. The molecule has 1 fully saturated rings. The molecule has 17 heavy (non-hydrogen) atoms. The molecule has 1 N–H and O–H groups in total. The molecule has 0 aromatic carbocycles. The standard InChI is InChI=1S/C13H27N3O/c1-4-9-16(13(17)11-15(2)3)10-12-7-5-6-8-14-12/h12,14H,4-11H2,1-3H3. The van der Waals surface area contributed by atoms with E-state index in [9.17, 15) is 4.79 Å². The van der Waals surface area contributed by atoms with Crippen LogP contribution < -0.4 is 5.32 Å². The largest absolute Gasteiger partial charge is 0.340 e. The summed E-state index contributed by atoms with van der Waals surface area (Å²) in [6.07, 6.45) is 4.80. The van der Waals surface area contributed by atoms with Gasteiger partial charge in [0.2, 0.25) is 5.91 Å². The minimum atomic E-state index is 0.254. The number of carbonyl (C=O) groups is 1. The Kier molecular flexibility index (Phi) is 6.52. The lowest BCUT2D eigenvalue weighted by Gasteiger charge is -2.31. The van der Waals surface area contributed by atoms with Crippen molar-refractivity contribution >= 4 is 5.91 Å². The minimum absolute atomic E-state index is 0.254. The van der Waals surface area contributed by atoms with E-state index < -0.39 is 0 Å². The van der Waals surface area contributed by atoms with Crippen LogP contribution in [0.15, 0.2) is 0 Å². The van der Waals surface area contributed by atoms with E-state index in [-0.39, 0.29) is 5.91 Å². The number of amides is 1. The molecule has 0 aliphatic carbocycles. The van der Waals surface area contributed by atoms with Crippen LogP contribution in [0.2, 0.25) is 0 Å². The van der Waals surface area contributed by atoms with Crippen LogP contribution in [-0.4, -0.2) is 62.0 Å². The quantitative estimate of drug-likeness (QED) is 0.751. The summed E-state index contributed by atoms with van der Waals surface area (Å²) in [6, 6.07) is 0.501. The molecule has 0 spiro atoms. The van der Waals surface area contributed by atoms with Gasteiger partial charge in [0.15, 0.2) is 0 Å². The highest BCUT2D eigenvalue weighted by molar-refractivity contribution is 5.78. The number of carbonyl (C=O) groups excluding carboxylic acids is 1. The molecule has 1 unspecified atom stereocenters. The molecule has 1 amide bonds. The van der Waals surface area contributed by atoms with E-state index in [1.807, 2.05) is 23.9 Å². The number of nitrogens with zero attached hydrogens (tertiary/aromatic N) is 2. The molecule has 1 aliphatic rings. The Balaban J connectivity index is 2.43. The van der Waals surface area contributed by atoms with Crippen molar-refractivity contribution in [2.24, 2.45) is 0 Å². The Morgan fingerprint density at radius 3 is 2.65 bits per heavy atom. The van der Waals surface area contributed by atoms with Gasteiger partial charge in [0, 0.05) is 19.1 Å². The lowest BCUT2D eigenvalue weighted by Crippen LogP contribution is -2.48. The second-order valence-corrected chi connectivity index (χ2v) is 5.22. The zero-order valence-electron chi connectivity index (χ0n) is 11.5. The molecule has 4 heteroatoms. The van der Waals surface area contributed by atoms with Crippen LogP contribution in [0.1, 0.15) is 32.6 Å². The maximum atomic E-state index is 12.1. The zero-order chi connectivity index (χ0) is 12.7. The molecule has 4 nitrogen and oxygen atoms in total. The normalized spacial score (nSPS) is 20.6. The molecule has 0 aromatic heterocycles. The van der Waals surface area contributed by atoms with Gasteiger partial charge in [-0.25, -0.2) is 0 Å². The van der Waals surface area contributed by atoms with E-state index in [1.165, 1.54) is 19.3 Å². The predicted octanol–water partition coefficient (Wildman–Crippen LogP) is 0.929. The Bertz CT molecular complexity index is 225. The third-order valence-electron chi connectivity index (χ3n) is 3.15. The fourth-order valence-electron chi connectivity index (χ4n) is 2.30. The molecule has 1 heterocycles. The van der Waals surface area contributed by atoms with Gasteiger partial charge in [-0.15, -0.1) is 0 Å². The van der Waals surface area contributed by atoms with E-state index in [0.717, 1.165) is 26.1 Å². The fraction of sp³-hybridized carbons (Fsp3) is 0.923. The van der Waals surface area contributed by atoms with Crippen molar-refractivity contribution in [3.05, 3.63) is 0 Å². The second-order valence-electron chi connectivity index (χ2n) is 5.22. The molecule has 1 aliphatic heterocycles. The summed E-state index contributed by atoms with van der Waals surface area (Å²) in [5.41, 5.74) is 0. The third-order valence-corrected chi connectivity index (χ3v) is 3.15. The van der Waals surface area contributed by atoms with Crippen LogP contribution in [-0.2, 0) is 4.79 Å². The third kappa shape index (κ3) is 5.50. The molecule has 0 bridgehead atoms. The highest BCUT2D eigenvalue weighted by atomic mass is 16.2. The van der Waals surface area contributed by atoms with Crippen molar-refractivity contribution in [1.29, 1.82) is 0 Å². The van der Waals surface area contributed by atoms with Crippen LogP contribution in [0.25, 0.3) is 0 Å². The van der Waals surface area contributed by atoms with E-state index in [2.05, 4.69) is 12.2 Å². The van der Waals surface area contributed by atoms with E-state index in [0.29, 0.717) is 12.6 Å². The van der Waals surface area contributed by atoms with Crippen LogP contribution in [0.5, 0.6) is 0 Å². The molecule has 0 saturated carbocycles. The topological polar surface area (TPSA) is 35.6 Å². The second kappa shape index (κ2) is 7.67. The van der Waals surface area contributed by atoms with Gasteiger partial charge in [0.05, 0.1) is 6.54 Å². The lowest BCUT2D eigenvalue weighted by atomic mass is 10.0. The molecular weight excluding hydrogens is 214 g/mol. The van der Waals surface area contributed by atoms with Crippen molar-refractivity contribution in [3.8, 4) is 0 Å². The van der Waals surface area contributed by atoms with Crippen molar-refractivity contribution < 1.29 is 4.79 Å². The van der Waals surface area contributed by atoms with Gasteiger partial charge in [-0.1, -0.05) is 13.3 Å². The number of hydrogen-bond acceptors (Lipinski definition) is 3. The van der Waals surface area contributed by atoms with Crippen molar-refractivity contribution in [1.82, 2.24) is 15.1 Å². The fourth-order valence-corrected chi connectivity index (χ4v) is 2.30. The first-order valence-corrected chi connectivity index (χ1v) is 6.79. The number of rotatable bonds is 6. The zero-order valence-corrected chi connectivity index (χ0v) is 11.5. The number of nitrogens with one attached hydrogen (secondary N) is 1. The maximum absolute atomic E-state index is 12.1. The summed E-state index contributed by atoms with van der Waals surface area (Å²) in [5, 5.41) is 3.51. The van der Waals surface area contributed by atoms with E-state index >= 15 is 0 Å². The minimum Gasteiger partial charge on any atom is -0.340 e. The summed E-state index contributed by atoms with van der Waals surface area (Å²) >= 11 is 0. The summed E-state index contributed by atoms with van der Waals surface area (Å²) in [4.78, 5) is 16.0. The van der Waals surface area contributed by atoms with Gasteiger partial charge in [0.1, 0.15) is 0 Å². The van der Waals surface area contributed by atoms with Crippen molar-refractivity contribution in [2.75, 3.05) is 40.3 Å². The van der Waals surface area contributed by atoms with Crippen LogP contribution >= 0.6 is 0 Å². The molecule has 1 rings (SSSR count). The number of likely N-dealkylation sites (N-methyl/N-ethyl adjacent to an activating group) is 1. The molecule has 0 radical (unpaired) electrons. The number of hydrogen-bond donors (Lipinski definition) is 1. The first-order valence-electron chi connectivity index (χ1n) is 6.79. The van der Waals surface area contributed by atoms with Crippen LogP contribution in [0.4, 0.5) is 0 Å². The van der Waals surface area contributed by atoms with Crippen LogP contribution in [0.3, 0.4) is 0 Å². The Morgan fingerprint density at radius 2 is 2.12 bits per heavy atom. The van der Waals surface area contributed by atoms with E-state index in [4.69, 9.17) is 0 Å². The lowest BCUT2D eigenvalue weighted by molar-refractivity contribution is -0.132. The molecule has 0 aromatic rings. The molecule has 1 atom stereocenters. The average Bonchev–Trinajstić information content (AvgIpc) is 2.29. The van der Waals surface area contributed by atoms with Crippen molar-refractivity contribution in [2.45, 2.75) is 38.6 Å². The summed E-state index contributed by atoms with van der Waals surface area (Å²) in [6.45, 7) is 5.51. The highest BCUT2D eigenvalue weighted by Crippen LogP contribution is 2.09. The van der Waals surface area contributed by atoms with Crippen molar-refractivity contribution in [3.63, 3.8) is 0 Å². The SMILES string of the molecule is CCCN(CC1CCCCN1)C(=O)CN(C)C. The van der Waals surface area contributed by atoms with Gasteiger partial charge in [-0.2, -0.15) is 0 Å². The predicted molar refractivity (Wildman–Crippen MR) is 71.1 cm³/mol. The van der Waals surface area contributed by atoms with E-state index in [1.54, 1.807) is 0 Å². The Labute approximate surface area is 105 Å². The maximum Gasteiger partial charge on any atom is 0.236 e. The highest BCUT2D eigenvalue weighted by Gasteiger charge is 2.19. The monoisotopic (exact) mass is 241 g/mol.